The van der Waals surface area contributed by atoms with Crippen molar-refractivity contribution < 1.29 is 15.0 Å². The molecule has 1 rings (SSSR count). The van der Waals surface area contributed by atoms with Gasteiger partial charge >= 0.3 is 0 Å². The van der Waals surface area contributed by atoms with E-state index in [1.54, 1.807) is 6.08 Å². The van der Waals surface area contributed by atoms with Crippen LogP contribution in [-0.2, 0) is 4.79 Å². The van der Waals surface area contributed by atoms with Crippen molar-refractivity contribution in [2.24, 2.45) is 0 Å². The number of unbranched alkanes of at least 4 members (excludes halogenated alkanes) is 2. The molecule has 0 aliphatic heterocycles. The number of Topliss-reactive ketones (excluding diaryl/α,β-unsaturated/α-hetero) is 1. The Labute approximate surface area is 104 Å². The summed E-state index contributed by atoms with van der Waals surface area (Å²) in [5.74, 6) is 0.0354. The fourth-order valence-electron chi connectivity index (χ4n) is 1.63. The minimum absolute atomic E-state index is 0.0354. The molecule has 0 heterocycles. The second-order valence-corrected chi connectivity index (χ2v) is 4.95. The average molecular weight is 289 g/mol. The highest BCUT2D eigenvalue weighted by Gasteiger charge is 2.21. The van der Waals surface area contributed by atoms with Crippen molar-refractivity contribution in [3.63, 3.8) is 0 Å². The molecule has 1 unspecified atom stereocenters. The molecule has 90 valence electrons. The van der Waals surface area contributed by atoms with Crippen LogP contribution < -0.4 is 0 Å². The number of aliphatic hydroxyl groups is 2. The monoisotopic (exact) mass is 288 g/mol. The Morgan fingerprint density at radius 3 is 2.88 bits per heavy atom. The van der Waals surface area contributed by atoms with Crippen molar-refractivity contribution in [3.05, 3.63) is 22.2 Å². The minimum Gasteiger partial charge on any atom is -0.396 e. The lowest BCUT2D eigenvalue weighted by Gasteiger charge is -2.00. The van der Waals surface area contributed by atoms with E-state index in [-0.39, 0.29) is 18.8 Å². The van der Waals surface area contributed by atoms with Crippen molar-refractivity contribution >= 4 is 21.7 Å². The normalized spacial score (nSPS) is 21.4. The Morgan fingerprint density at radius 1 is 1.56 bits per heavy atom. The molecular formula is C12H17BrO3. The quantitative estimate of drug-likeness (QED) is 0.736. The van der Waals surface area contributed by atoms with Crippen LogP contribution in [0.1, 0.15) is 32.1 Å². The van der Waals surface area contributed by atoms with Crippen LogP contribution in [-0.4, -0.2) is 28.7 Å². The Hall–Kier alpha value is -0.450. The molecule has 0 amide bonds. The standard InChI is InChI=1S/C12H17BrO3/c13-10(4-2-1-3-5-14)6-9-7-11(15)8-12(9)16/h4,7,11,14-15H,1-3,5-6,8H2/b10-4-. The molecule has 4 heteroatoms. The van der Waals surface area contributed by atoms with E-state index in [2.05, 4.69) is 15.9 Å². The molecule has 2 N–H and O–H groups in total. The molecule has 0 aromatic carbocycles. The zero-order chi connectivity index (χ0) is 12.0. The van der Waals surface area contributed by atoms with Gasteiger partial charge in [-0.2, -0.15) is 0 Å². The first-order valence-electron chi connectivity index (χ1n) is 5.51. The SMILES string of the molecule is O=C1CC(O)C=C1C/C(Br)=C/CCCCO. The van der Waals surface area contributed by atoms with E-state index in [4.69, 9.17) is 5.11 Å². The largest absolute Gasteiger partial charge is 0.396 e. The van der Waals surface area contributed by atoms with Gasteiger partial charge in [-0.3, -0.25) is 4.79 Å². The zero-order valence-electron chi connectivity index (χ0n) is 9.16. The molecule has 0 aromatic heterocycles. The molecule has 0 saturated heterocycles. The number of halogens is 1. The van der Waals surface area contributed by atoms with Gasteiger partial charge in [-0.15, -0.1) is 0 Å². The number of aliphatic hydroxyl groups excluding tert-OH is 2. The van der Waals surface area contributed by atoms with Crippen LogP contribution >= 0.6 is 15.9 Å². The van der Waals surface area contributed by atoms with Gasteiger partial charge in [0.25, 0.3) is 0 Å². The number of rotatable bonds is 6. The predicted octanol–water partition coefficient (Wildman–Crippen LogP) is 2.08. The molecule has 0 saturated carbocycles. The fourth-order valence-corrected chi connectivity index (χ4v) is 2.16. The van der Waals surface area contributed by atoms with E-state index in [9.17, 15) is 9.90 Å². The highest BCUT2D eigenvalue weighted by atomic mass is 79.9. The lowest BCUT2D eigenvalue weighted by Crippen LogP contribution is -2.01. The summed E-state index contributed by atoms with van der Waals surface area (Å²) in [7, 11) is 0. The van der Waals surface area contributed by atoms with Crippen LogP contribution in [0.15, 0.2) is 22.2 Å². The molecule has 1 aliphatic rings. The van der Waals surface area contributed by atoms with Crippen molar-refractivity contribution in [1.82, 2.24) is 0 Å². The van der Waals surface area contributed by atoms with Crippen LogP contribution in [0.25, 0.3) is 0 Å². The maximum Gasteiger partial charge on any atom is 0.161 e. The van der Waals surface area contributed by atoms with E-state index in [0.717, 1.165) is 23.7 Å². The molecule has 3 nitrogen and oxygen atoms in total. The first-order chi connectivity index (χ1) is 7.63. The van der Waals surface area contributed by atoms with Crippen molar-refractivity contribution in [2.75, 3.05) is 6.61 Å². The second-order valence-electron chi connectivity index (χ2n) is 3.93. The molecule has 0 radical (unpaired) electrons. The number of allylic oxidation sites excluding steroid dienone is 3. The van der Waals surface area contributed by atoms with Crippen LogP contribution in [0, 0.1) is 0 Å². The highest BCUT2D eigenvalue weighted by molar-refractivity contribution is 9.11. The Kier molecular flexibility index (Phi) is 5.95. The summed E-state index contributed by atoms with van der Waals surface area (Å²) in [6.45, 7) is 0.224. The Morgan fingerprint density at radius 2 is 2.31 bits per heavy atom. The summed E-state index contributed by atoms with van der Waals surface area (Å²) in [6.07, 6.45) is 6.48. The average Bonchev–Trinajstić information content (AvgIpc) is 2.52. The summed E-state index contributed by atoms with van der Waals surface area (Å²) in [6, 6.07) is 0. The maximum atomic E-state index is 11.4. The van der Waals surface area contributed by atoms with Gasteiger partial charge in [0.05, 0.1) is 6.10 Å². The van der Waals surface area contributed by atoms with Crippen molar-refractivity contribution in [3.8, 4) is 0 Å². The Balaban J connectivity index is 2.36. The first kappa shape index (κ1) is 13.6. The van der Waals surface area contributed by atoms with Gasteiger partial charge in [0, 0.05) is 19.4 Å². The van der Waals surface area contributed by atoms with Crippen molar-refractivity contribution in [2.45, 2.75) is 38.2 Å². The fraction of sp³-hybridized carbons (Fsp3) is 0.583. The van der Waals surface area contributed by atoms with Gasteiger partial charge in [0.15, 0.2) is 5.78 Å². The maximum absolute atomic E-state index is 11.4. The second kappa shape index (κ2) is 6.99. The van der Waals surface area contributed by atoms with Crippen LogP contribution in [0.5, 0.6) is 0 Å². The molecule has 0 bridgehead atoms. The van der Waals surface area contributed by atoms with E-state index in [1.807, 2.05) is 6.08 Å². The van der Waals surface area contributed by atoms with Gasteiger partial charge < -0.3 is 10.2 Å². The van der Waals surface area contributed by atoms with Crippen LogP contribution in [0.4, 0.5) is 0 Å². The molecule has 0 spiro atoms. The molecule has 16 heavy (non-hydrogen) atoms. The van der Waals surface area contributed by atoms with E-state index in [1.165, 1.54) is 0 Å². The summed E-state index contributed by atoms with van der Waals surface area (Å²) in [5, 5.41) is 17.9. The smallest absolute Gasteiger partial charge is 0.161 e. The molecule has 0 fully saturated rings. The van der Waals surface area contributed by atoms with Gasteiger partial charge in [0.2, 0.25) is 0 Å². The third kappa shape index (κ3) is 4.60. The van der Waals surface area contributed by atoms with Crippen LogP contribution in [0.3, 0.4) is 0 Å². The first-order valence-corrected chi connectivity index (χ1v) is 6.30. The zero-order valence-corrected chi connectivity index (χ0v) is 10.7. The van der Waals surface area contributed by atoms with Gasteiger partial charge in [-0.1, -0.05) is 22.0 Å². The summed E-state index contributed by atoms with van der Waals surface area (Å²) in [5.41, 5.74) is 0.692. The Bertz CT molecular complexity index is 307. The highest BCUT2D eigenvalue weighted by Crippen LogP contribution is 2.24. The summed E-state index contributed by atoms with van der Waals surface area (Å²) in [4.78, 5) is 11.4. The van der Waals surface area contributed by atoms with Crippen molar-refractivity contribution in [1.29, 1.82) is 0 Å². The number of carbonyl (C=O) groups is 1. The molecule has 1 atom stereocenters. The third-order valence-corrected chi connectivity index (χ3v) is 3.09. The van der Waals surface area contributed by atoms with Gasteiger partial charge in [-0.05, 0) is 35.4 Å². The predicted molar refractivity (Wildman–Crippen MR) is 66.3 cm³/mol. The number of hydrogen-bond acceptors (Lipinski definition) is 3. The van der Waals surface area contributed by atoms with E-state index in [0.29, 0.717) is 12.0 Å². The lowest BCUT2D eigenvalue weighted by atomic mass is 10.1. The van der Waals surface area contributed by atoms with Gasteiger partial charge in [-0.25, -0.2) is 0 Å². The van der Waals surface area contributed by atoms with E-state index >= 15 is 0 Å². The molecule has 0 aromatic rings. The lowest BCUT2D eigenvalue weighted by molar-refractivity contribution is -0.115. The van der Waals surface area contributed by atoms with E-state index < -0.39 is 6.10 Å². The number of hydrogen-bond donors (Lipinski definition) is 2. The topological polar surface area (TPSA) is 57.5 Å². The molecule has 1 aliphatic carbocycles. The summed E-state index contributed by atoms with van der Waals surface area (Å²) >= 11 is 3.41. The summed E-state index contributed by atoms with van der Waals surface area (Å²) < 4.78 is 0.971. The van der Waals surface area contributed by atoms with Crippen LogP contribution in [0.2, 0.25) is 0 Å². The third-order valence-electron chi connectivity index (χ3n) is 2.48. The number of ketones is 1. The van der Waals surface area contributed by atoms with Gasteiger partial charge in [0.1, 0.15) is 0 Å². The molecular weight excluding hydrogens is 272 g/mol. The minimum atomic E-state index is -0.600. The number of carbonyl (C=O) groups excluding carboxylic acids is 1.